The Morgan fingerprint density at radius 2 is 1.50 bits per heavy atom. The van der Waals surface area contributed by atoms with Gasteiger partial charge in [0.05, 0.1) is 19.8 Å². The fourth-order valence-corrected chi connectivity index (χ4v) is 1.55. The van der Waals surface area contributed by atoms with Crippen LogP contribution in [0.3, 0.4) is 0 Å². The van der Waals surface area contributed by atoms with Crippen molar-refractivity contribution in [2.24, 2.45) is 0 Å². The van der Waals surface area contributed by atoms with E-state index in [0.29, 0.717) is 19.8 Å². The van der Waals surface area contributed by atoms with Crippen LogP contribution in [-0.2, 0) is 0 Å². The molecule has 0 aliphatic rings. The minimum Gasteiger partial charge on any atom is -0.494 e. The van der Waals surface area contributed by atoms with E-state index in [4.69, 9.17) is 14.2 Å². The van der Waals surface area contributed by atoms with Crippen molar-refractivity contribution in [2.75, 3.05) is 19.8 Å². The zero-order chi connectivity index (χ0) is 12.0. The van der Waals surface area contributed by atoms with Crippen LogP contribution in [0.1, 0.15) is 26.3 Å². The SMILES string of the molecule is CCOc1cc(C)c(OCC)c(OCC)c1. The molecular formula is C13H20O3. The lowest BCUT2D eigenvalue weighted by Gasteiger charge is -2.15. The second-order valence-corrected chi connectivity index (χ2v) is 3.37. The molecule has 0 spiro atoms. The highest BCUT2D eigenvalue weighted by atomic mass is 16.5. The zero-order valence-corrected chi connectivity index (χ0v) is 10.5. The number of hydrogen-bond acceptors (Lipinski definition) is 3. The van der Waals surface area contributed by atoms with Gasteiger partial charge in [-0.3, -0.25) is 0 Å². The van der Waals surface area contributed by atoms with Crippen LogP contribution in [0.25, 0.3) is 0 Å². The summed E-state index contributed by atoms with van der Waals surface area (Å²) in [5, 5.41) is 0. The Bertz CT molecular complexity index is 334. The molecule has 0 aliphatic heterocycles. The third-order valence-corrected chi connectivity index (χ3v) is 2.11. The summed E-state index contributed by atoms with van der Waals surface area (Å²) in [5.41, 5.74) is 1.04. The molecule has 1 aromatic rings. The molecule has 0 radical (unpaired) electrons. The van der Waals surface area contributed by atoms with Crippen molar-refractivity contribution in [3.05, 3.63) is 17.7 Å². The minimum atomic E-state index is 0.620. The predicted molar refractivity (Wildman–Crippen MR) is 64.7 cm³/mol. The van der Waals surface area contributed by atoms with Crippen LogP contribution < -0.4 is 14.2 Å². The van der Waals surface area contributed by atoms with Crippen LogP contribution in [0.4, 0.5) is 0 Å². The van der Waals surface area contributed by atoms with E-state index in [-0.39, 0.29) is 0 Å². The third kappa shape index (κ3) is 3.05. The van der Waals surface area contributed by atoms with Crippen LogP contribution in [0.5, 0.6) is 17.2 Å². The van der Waals surface area contributed by atoms with Gasteiger partial charge in [0.1, 0.15) is 5.75 Å². The van der Waals surface area contributed by atoms with Crippen LogP contribution in [0.2, 0.25) is 0 Å². The number of aryl methyl sites for hydroxylation is 1. The van der Waals surface area contributed by atoms with Crippen molar-refractivity contribution >= 4 is 0 Å². The van der Waals surface area contributed by atoms with Crippen LogP contribution >= 0.6 is 0 Å². The summed E-state index contributed by atoms with van der Waals surface area (Å²) in [6.45, 7) is 9.79. The number of benzene rings is 1. The van der Waals surface area contributed by atoms with Crippen LogP contribution in [0, 0.1) is 6.92 Å². The molecule has 0 atom stereocenters. The van der Waals surface area contributed by atoms with E-state index in [2.05, 4.69) is 0 Å². The number of hydrogen-bond donors (Lipinski definition) is 0. The lowest BCUT2D eigenvalue weighted by molar-refractivity contribution is 0.281. The number of ether oxygens (including phenoxy) is 3. The van der Waals surface area contributed by atoms with E-state index >= 15 is 0 Å². The van der Waals surface area contributed by atoms with Crippen molar-refractivity contribution in [3.63, 3.8) is 0 Å². The van der Waals surface area contributed by atoms with Gasteiger partial charge >= 0.3 is 0 Å². The first-order valence-electron chi connectivity index (χ1n) is 5.75. The van der Waals surface area contributed by atoms with Crippen molar-refractivity contribution in [1.82, 2.24) is 0 Å². The second kappa shape index (κ2) is 6.26. The van der Waals surface area contributed by atoms with Crippen LogP contribution in [0.15, 0.2) is 12.1 Å². The maximum Gasteiger partial charge on any atom is 0.165 e. The van der Waals surface area contributed by atoms with Gasteiger partial charge in [-0.05, 0) is 39.3 Å². The minimum absolute atomic E-state index is 0.620. The molecule has 0 saturated carbocycles. The molecule has 0 N–H and O–H groups in total. The highest BCUT2D eigenvalue weighted by molar-refractivity contribution is 5.51. The molecule has 0 amide bonds. The first-order valence-corrected chi connectivity index (χ1v) is 5.75. The standard InChI is InChI=1S/C13H20O3/c1-5-14-11-8-10(4)13(16-7-3)12(9-11)15-6-2/h8-9H,5-7H2,1-4H3. The molecule has 1 aromatic carbocycles. The molecule has 0 saturated heterocycles. The molecule has 16 heavy (non-hydrogen) atoms. The maximum atomic E-state index is 5.57. The fourth-order valence-electron chi connectivity index (χ4n) is 1.55. The molecule has 0 aromatic heterocycles. The molecule has 0 heterocycles. The summed E-state index contributed by atoms with van der Waals surface area (Å²) in [6, 6.07) is 3.85. The summed E-state index contributed by atoms with van der Waals surface area (Å²) in [5.74, 6) is 2.40. The molecule has 90 valence electrons. The topological polar surface area (TPSA) is 27.7 Å². The summed E-state index contributed by atoms with van der Waals surface area (Å²) >= 11 is 0. The second-order valence-electron chi connectivity index (χ2n) is 3.37. The van der Waals surface area contributed by atoms with Gasteiger partial charge in [-0.1, -0.05) is 0 Å². The Morgan fingerprint density at radius 3 is 2.06 bits per heavy atom. The zero-order valence-electron chi connectivity index (χ0n) is 10.5. The Morgan fingerprint density at radius 1 is 0.875 bits per heavy atom. The Kier molecular flexibility index (Phi) is 4.96. The molecule has 3 nitrogen and oxygen atoms in total. The smallest absolute Gasteiger partial charge is 0.165 e. The highest BCUT2D eigenvalue weighted by Crippen LogP contribution is 2.35. The van der Waals surface area contributed by atoms with Crippen molar-refractivity contribution < 1.29 is 14.2 Å². The molecule has 0 unspecified atom stereocenters. The van der Waals surface area contributed by atoms with Gasteiger partial charge in [-0.15, -0.1) is 0 Å². The first kappa shape index (κ1) is 12.7. The van der Waals surface area contributed by atoms with E-state index < -0.39 is 0 Å². The molecule has 0 fully saturated rings. The van der Waals surface area contributed by atoms with Gasteiger partial charge < -0.3 is 14.2 Å². The third-order valence-electron chi connectivity index (χ3n) is 2.11. The van der Waals surface area contributed by atoms with E-state index in [1.807, 2.05) is 39.8 Å². The van der Waals surface area contributed by atoms with Crippen molar-refractivity contribution in [3.8, 4) is 17.2 Å². The molecule has 3 heteroatoms. The van der Waals surface area contributed by atoms with Crippen LogP contribution in [-0.4, -0.2) is 19.8 Å². The van der Waals surface area contributed by atoms with E-state index in [1.54, 1.807) is 0 Å². The van der Waals surface area contributed by atoms with Crippen molar-refractivity contribution in [1.29, 1.82) is 0 Å². The highest BCUT2D eigenvalue weighted by Gasteiger charge is 2.10. The van der Waals surface area contributed by atoms with Gasteiger partial charge in [-0.25, -0.2) is 0 Å². The summed E-state index contributed by atoms with van der Waals surface area (Å²) < 4.78 is 16.6. The molecule has 0 bridgehead atoms. The molecule has 0 aliphatic carbocycles. The average molecular weight is 224 g/mol. The van der Waals surface area contributed by atoms with E-state index in [9.17, 15) is 0 Å². The predicted octanol–water partition coefficient (Wildman–Crippen LogP) is 3.19. The first-order chi connectivity index (χ1) is 7.72. The summed E-state index contributed by atoms with van der Waals surface area (Å²) in [4.78, 5) is 0. The van der Waals surface area contributed by atoms with E-state index in [0.717, 1.165) is 22.8 Å². The van der Waals surface area contributed by atoms with Gasteiger partial charge in [0, 0.05) is 6.07 Å². The molecule has 1 rings (SSSR count). The Hall–Kier alpha value is -1.38. The summed E-state index contributed by atoms with van der Waals surface area (Å²) in [7, 11) is 0. The maximum absolute atomic E-state index is 5.57. The van der Waals surface area contributed by atoms with Crippen molar-refractivity contribution in [2.45, 2.75) is 27.7 Å². The largest absolute Gasteiger partial charge is 0.494 e. The Labute approximate surface area is 97.3 Å². The fraction of sp³-hybridized carbons (Fsp3) is 0.538. The lowest BCUT2D eigenvalue weighted by Crippen LogP contribution is -2.01. The summed E-state index contributed by atoms with van der Waals surface area (Å²) in [6.07, 6.45) is 0. The number of rotatable bonds is 6. The van der Waals surface area contributed by atoms with Gasteiger partial charge in [-0.2, -0.15) is 0 Å². The van der Waals surface area contributed by atoms with E-state index in [1.165, 1.54) is 0 Å². The normalized spacial score (nSPS) is 10.0. The van der Waals surface area contributed by atoms with Gasteiger partial charge in [0.25, 0.3) is 0 Å². The lowest BCUT2D eigenvalue weighted by atomic mass is 10.2. The monoisotopic (exact) mass is 224 g/mol. The Balaban J connectivity index is 3.05. The van der Waals surface area contributed by atoms with Gasteiger partial charge in [0.2, 0.25) is 0 Å². The van der Waals surface area contributed by atoms with Gasteiger partial charge in [0.15, 0.2) is 11.5 Å². The quantitative estimate of drug-likeness (QED) is 0.742. The average Bonchev–Trinajstić information content (AvgIpc) is 2.24. The molecular weight excluding hydrogens is 204 g/mol.